The van der Waals surface area contributed by atoms with Gasteiger partial charge in [0, 0.05) is 5.69 Å². The first-order valence-corrected chi connectivity index (χ1v) is 8.28. The smallest absolute Gasteiger partial charge is 0.276 e. The number of hydrazine groups is 1. The fraction of sp³-hybridized carbons (Fsp3) is 0.105. The van der Waals surface area contributed by atoms with Crippen LogP contribution in [0.15, 0.2) is 60.9 Å². The number of amides is 1. The van der Waals surface area contributed by atoms with Crippen LogP contribution in [0.25, 0.3) is 0 Å². The van der Waals surface area contributed by atoms with Gasteiger partial charge in [-0.3, -0.25) is 15.6 Å². The van der Waals surface area contributed by atoms with Crippen molar-refractivity contribution in [1.29, 1.82) is 0 Å². The first-order chi connectivity index (χ1) is 13.1. The van der Waals surface area contributed by atoms with Crippen molar-refractivity contribution in [2.75, 3.05) is 23.1 Å². The van der Waals surface area contributed by atoms with Gasteiger partial charge in [-0.15, -0.1) is 0 Å². The van der Waals surface area contributed by atoms with Crippen LogP contribution in [0.3, 0.4) is 0 Å². The third-order valence-corrected chi connectivity index (χ3v) is 3.60. The van der Waals surface area contributed by atoms with E-state index in [1.807, 2.05) is 49.4 Å². The number of carbonyl (C=O) groups excluding carboxylic acids is 1. The molecule has 1 amide bonds. The van der Waals surface area contributed by atoms with Gasteiger partial charge in [-0.2, -0.15) is 0 Å². The van der Waals surface area contributed by atoms with Gasteiger partial charge in [0.2, 0.25) is 0 Å². The monoisotopic (exact) mass is 364 g/mol. The Labute approximate surface area is 156 Å². The summed E-state index contributed by atoms with van der Waals surface area (Å²) >= 11 is 0. The molecule has 0 saturated carbocycles. The highest BCUT2D eigenvalue weighted by atomic mass is 16.5. The minimum atomic E-state index is -0.370. The number of ether oxygens (including phenoxy) is 1. The number of nitrogens with one attached hydrogen (secondary N) is 3. The molecule has 1 heterocycles. The molecule has 8 nitrogen and oxygen atoms in total. The molecule has 0 aliphatic rings. The van der Waals surface area contributed by atoms with Gasteiger partial charge in [0.05, 0.1) is 0 Å². The van der Waals surface area contributed by atoms with Crippen molar-refractivity contribution in [1.82, 2.24) is 15.4 Å². The molecule has 0 atom stereocenters. The molecule has 27 heavy (non-hydrogen) atoms. The van der Waals surface area contributed by atoms with E-state index in [2.05, 4.69) is 26.1 Å². The highest BCUT2D eigenvalue weighted by molar-refractivity contribution is 5.82. The highest BCUT2D eigenvalue weighted by Crippen LogP contribution is 2.25. The number of anilines is 4. The van der Waals surface area contributed by atoms with E-state index in [9.17, 15) is 4.79 Å². The van der Waals surface area contributed by atoms with Crippen LogP contribution < -0.4 is 26.6 Å². The Morgan fingerprint density at radius 3 is 2.63 bits per heavy atom. The number of para-hydroxylation sites is 1. The van der Waals surface area contributed by atoms with E-state index < -0.39 is 0 Å². The van der Waals surface area contributed by atoms with E-state index in [0.29, 0.717) is 11.6 Å². The van der Waals surface area contributed by atoms with Crippen LogP contribution in [0, 0.1) is 6.92 Å². The lowest BCUT2D eigenvalue weighted by atomic mass is 10.2. The lowest BCUT2D eigenvalue weighted by Crippen LogP contribution is -2.34. The number of aromatic nitrogens is 2. The molecule has 0 spiro atoms. The Balaban J connectivity index is 1.58. The van der Waals surface area contributed by atoms with Crippen LogP contribution in [-0.2, 0) is 4.79 Å². The second-order valence-corrected chi connectivity index (χ2v) is 5.75. The summed E-state index contributed by atoms with van der Waals surface area (Å²) in [7, 11) is 0. The van der Waals surface area contributed by atoms with Gasteiger partial charge in [0.25, 0.3) is 5.91 Å². The summed E-state index contributed by atoms with van der Waals surface area (Å²) in [6.07, 6.45) is 1.35. The van der Waals surface area contributed by atoms with Crippen molar-refractivity contribution >= 4 is 28.9 Å². The standard InChI is InChI=1S/C19H20N6O2/c1-13-6-5-7-14(10-13)23-18-17(20)19(22-12-21-18)25-24-16(26)11-27-15-8-3-2-4-9-15/h2-10,12H,11,20H2,1H3,(H,24,26)(H2,21,22,23,25). The minimum Gasteiger partial charge on any atom is -0.484 e. The largest absolute Gasteiger partial charge is 0.484 e. The molecule has 0 aliphatic heterocycles. The molecule has 8 heteroatoms. The van der Waals surface area contributed by atoms with E-state index in [4.69, 9.17) is 10.5 Å². The van der Waals surface area contributed by atoms with Crippen molar-refractivity contribution < 1.29 is 9.53 Å². The first kappa shape index (κ1) is 18.0. The number of nitrogen functional groups attached to an aromatic ring is 1. The maximum Gasteiger partial charge on any atom is 0.276 e. The second kappa shape index (κ2) is 8.52. The van der Waals surface area contributed by atoms with Crippen molar-refractivity contribution in [3.8, 4) is 5.75 Å². The third-order valence-electron chi connectivity index (χ3n) is 3.60. The van der Waals surface area contributed by atoms with Crippen LogP contribution in [0.2, 0.25) is 0 Å². The van der Waals surface area contributed by atoms with Gasteiger partial charge in [0.15, 0.2) is 18.2 Å². The molecular weight excluding hydrogens is 344 g/mol. The maximum atomic E-state index is 11.9. The molecule has 0 unspecified atom stereocenters. The van der Waals surface area contributed by atoms with Gasteiger partial charge in [-0.25, -0.2) is 9.97 Å². The van der Waals surface area contributed by atoms with Crippen molar-refractivity contribution in [3.05, 3.63) is 66.5 Å². The fourth-order valence-electron chi connectivity index (χ4n) is 2.28. The average Bonchev–Trinajstić information content (AvgIpc) is 2.68. The van der Waals surface area contributed by atoms with Crippen molar-refractivity contribution in [2.45, 2.75) is 6.92 Å². The highest BCUT2D eigenvalue weighted by Gasteiger charge is 2.10. The lowest BCUT2D eigenvalue weighted by molar-refractivity contribution is -0.122. The fourth-order valence-corrected chi connectivity index (χ4v) is 2.28. The number of rotatable bonds is 7. The van der Waals surface area contributed by atoms with Gasteiger partial charge in [-0.1, -0.05) is 30.3 Å². The Kier molecular flexibility index (Phi) is 5.68. The topological polar surface area (TPSA) is 114 Å². The number of nitrogens with two attached hydrogens (primary N) is 1. The molecule has 0 aliphatic carbocycles. The van der Waals surface area contributed by atoms with Gasteiger partial charge < -0.3 is 15.8 Å². The van der Waals surface area contributed by atoms with E-state index in [0.717, 1.165) is 11.3 Å². The number of aryl methyl sites for hydroxylation is 1. The summed E-state index contributed by atoms with van der Waals surface area (Å²) in [6, 6.07) is 16.9. The zero-order chi connectivity index (χ0) is 19.1. The second-order valence-electron chi connectivity index (χ2n) is 5.75. The zero-order valence-electron chi connectivity index (χ0n) is 14.8. The first-order valence-electron chi connectivity index (χ1n) is 8.28. The minimum absolute atomic E-state index is 0.142. The normalized spacial score (nSPS) is 10.1. The molecule has 5 N–H and O–H groups in total. The van der Waals surface area contributed by atoms with Crippen molar-refractivity contribution in [2.24, 2.45) is 0 Å². The molecule has 0 saturated heterocycles. The Bertz CT molecular complexity index is 917. The third kappa shape index (κ3) is 5.08. The molecule has 0 fully saturated rings. The summed E-state index contributed by atoms with van der Waals surface area (Å²) < 4.78 is 5.37. The number of benzene rings is 2. The maximum absolute atomic E-state index is 11.9. The average molecular weight is 364 g/mol. The lowest BCUT2D eigenvalue weighted by Gasteiger charge is -2.13. The summed E-state index contributed by atoms with van der Waals surface area (Å²) in [5.41, 5.74) is 13.5. The van der Waals surface area contributed by atoms with Crippen LogP contribution in [-0.4, -0.2) is 22.5 Å². The quantitative estimate of drug-likeness (QED) is 0.477. The van der Waals surface area contributed by atoms with E-state index in [-0.39, 0.29) is 24.0 Å². The Morgan fingerprint density at radius 1 is 1.07 bits per heavy atom. The molecule has 3 rings (SSSR count). The summed E-state index contributed by atoms with van der Waals surface area (Å²) in [6.45, 7) is 1.85. The van der Waals surface area contributed by atoms with Gasteiger partial charge in [0.1, 0.15) is 17.8 Å². The van der Waals surface area contributed by atoms with Crippen LogP contribution >= 0.6 is 0 Å². The molecule has 0 radical (unpaired) electrons. The van der Waals surface area contributed by atoms with Crippen LogP contribution in [0.1, 0.15) is 5.56 Å². The molecule has 2 aromatic carbocycles. The molecule has 0 bridgehead atoms. The Morgan fingerprint density at radius 2 is 1.85 bits per heavy atom. The van der Waals surface area contributed by atoms with E-state index in [1.54, 1.807) is 12.1 Å². The van der Waals surface area contributed by atoms with Crippen molar-refractivity contribution in [3.63, 3.8) is 0 Å². The summed E-state index contributed by atoms with van der Waals surface area (Å²) in [5.74, 6) is 0.963. The summed E-state index contributed by atoms with van der Waals surface area (Å²) in [5, 5.41) is 3.13. The van der Waals surface area contributed by atoms with Gasteiger partial charge >= 0.3 is 0 Å². The predicted octanol–water partition coefficient (Wildman–Crippen LogP) is 2.63. The molecule has 3 aromatic rings. The van der Waals surface area contributed by atoms with Crippen LogP contribution in [0.4, 0.5) is 23.0 Å². The zero-order valence-corrected chi connectivity index (χ0v) is 14.8. The van der Waals surface area contributed by atoms with E-state index >= 15 is 0 Å². The molecule has 138 valence electrons. The number of carbonyl (C=O) groups is 1. The SMILES string of the molecule is Cc1cccc(Nc2ncnc(NNC(=O)COc3ccccc3)c2N)c1. The molecule has 1 aromatic heterocycles. The molecular formula is C19H20N6O2. The predicted molar refractivity (Wildman–Crippen MR) is 105 cm³/mol. The number of hydrogen-bond acceptors (Lipinski definition) is 7. The number of hydrogen-bond donors (Lipinski definition) is 4. The van der Waals surface area contributed by atoms with E-state index in [1.165, 1.54) is 6.33 Å². The number of nitrogens with zero attached hydrogens (tertiary/aromatic N) is 2. The summed E-state index contributed by atoms with van der Waals surface area (Å²) in [4.78, 5) is 20.1. The van der Waals surface area contributed by atoms with Gasteiger partial charge in [-0.05, 0) is 36.8 Å². The van der Waals surface area contributed by atoms with Crippen LogP contribution in [0.5, 0.6) is 5.75 Å². The Hall–Kier alpha value is -3.81.